The molecule has 16 nitrogen and oxygen atoms in total. The number of aliphatic carboxylic acids is 2. The first-order valence-electron chi connectivity index (χ1n) is 14.4. The second-order valence-electron chi connectivity index (χ2n) is 9.73. The minimum Gasteiger partial charge on any atom is -0.480 e. The third-order valence-corrected chi connectivity index (χ3v) is 6.02. The Hall–Kier alpha value is -5.80. The van der Waals surface area contributed by atoms with Crippen LogP contribution in [0.4, 0.5) is 0 Å². The molecule has 0 aliphatic heterocycles. The smallest absolute Gasteiger partial charge is 0.325 e. The Morgan fingerprint density at radius 2 is 0.833 bits per heavy atom. The summed E-state index contributed by atoms with van der Waals surface area (Å²) in [5.74, 6) is -6.45. The Labute approximate surface area is 276 Å². The van der Waals surface area contributed by atoms with Crippen molar-refractivity contribution in [2.75, 3.05) is 40.4 Å². The molecule has 48 heavy (non-hydrogen) atoms. The highest BCUT2D eigenvalue weighted by molar-refractivity contribution is 5.88. The standard InChI is InChI=1S/C17H21NO7.C15H17NO7/c1-23-16(21)10-18(11-17(22)24-2)14(19)8-9-15(20)25-12-13-6-4-3-5-7-13;17-12(16(8-13(18)19)9-14(20)21)6-7-15(22)23-10-11-4-2-1-3-5-11/h3-7H,8-12H2,1-2H3;1-5H,6-10H2,(H,18,19)(H,20,21). The van der Waals surface area contributed by atoms with E-state index in [1.165, 1.54) is 14.2 Å². The molecular formula is C32H38N2O14. The van der Waals surface area contributed by atoms with Gasteiger partial charge in [-0.15, -0.1) is 0 Å². The number of amides is 2. The number of benzene rings is 2. The summed E-state index contributed by atoms with van der Waals surface area (Å²) in [6, 6.07) is 18.1. The third-order valence-electron chi connectivity index (χ3n) is 6.02. The highest BCUT2D eigenvalue weighted by Gasteiger charge is 2.22. The number of rotatable bonds is 18. The molecule has 260 valence electrons. The Bertz CT molecular complexity index is 1350. The molecule has 2 rings (SSSR count). The molecule has 2 N–H and O–H groups in total. The monoisotopic (exact) mass is 674 g/mol. The van der Waals surface area contributed by atoms with E-state index in [4.69, 9.17) is 19.7 Å². The van der Waals surface area contributed by atoms with Gasteiger partial charge in [-0.1, -0.05) is 60.7 Å². The van der Waals surface area contributed by atoms with Crippen LogP contribution in [0.2, 0.25) is 0 Å². The van der Waals surface area contributed by atoms with Gasteiger partial charge in [0.25, 0.3) is 0 Å². The molecule has 2 aromatic carbocycles. The van der Waals surface area contributed by atoms with E-state index in [2.05, 4.69) is 9.47 Å². The summed E-state index contributed by atoms with van der Waals surface area (Å²) in [6.45, 7) is -2.08. The van der Waals surface area contributed by atoms with Gasteiger partial charge in [-0.3, -0.25) is 38.4 Å². The predicted molar refractivity (Wildman–Crippen MR) is 163 cm³/mol. The second kappa shape index (κ2) is 22.7. The molecule has 0 aromatic heterocycles. The largest absolute Gasteiger partial charge is 0.480 e. The minimum atomic E-state index is -1.33. The van der Waals surface area contributed by atoms with E-state index in [0.29, 0.717) is 4.90 Å². The summed E-state index contributed by atoms with van der Waals surface area (Å²) in [4.78, 5) is 92.7. The van der Waals surface area contributed by atoms with Crippen LogP contribution >= 0.6 is 0 Å². The number of carbonyl (C=O) groups is 8. The summed E-state index contributed by atoms with van der Waals surface area (Å²) in [6.07, 6.45) is -0.915. The number of methoxy groups -OCH3 is 2. The number of carbonyl (C=O) groups excluding carboxylic acids is 6. The van der Waals surface area contributed by atoms with Gasteiger partial charge in [-0.2, -0.15) is 0 Å². The number of nitrogens with zero attached hydrogens (tertiary/aromatic N) is 2. The van der Waals surface area contributed by atoms with Crippen LogP contribution in [0, 0.1) is 0 Å². The fraction of sp³-hybridized carbons (Fsp3) is 0.375. The van der Waals surface area contributed by atoms with Crippen molar-refractivity contribution in [3.63, 3.8) is 0 Å². The lowest BCUT2D eigenvalue weighted by atomic mass is 10.2. The topological polar surface area (TPSA) is 220 Å². The van der Waals surface area contributed by atoms with E-state index in [1.54, 1.807) is 24.3 Å². The zero-order chi connectivity index (χ0) is 35.9. The van der Waals surface area contributed by atoms with Gasteiger partial charge in [0.1, 0.15) is 39.4 Å². The molecule has 0 saturated carbocycles. The summed E-state index contributed by atoms with van der Waals surface area (Å²) < 4.78 is 19.0. The lowest BCUT2D eigenvalue weighted by Crippen LogP contribution is -2.40. The van der Waals surface area contributed by atoms with Crippen molar-refractivity contribution in [2.45, 2.75) is 38.9 Å². The molecule has 2 amide bonds. The molecule has 0 fully saturated rings. The van der Waals surface area contributed by atoms with E-state index in [1.807, 2.05) is 36.4 Å². The SMILES string of the molecule is COC(=O)CN(CC(=O)OC)C(=O)CCC(=O)OCc1ccccc1.O=C(O)CN(CC(=O)O)C(=O)CCC(=O)OCc1ccccc1. The normalized spacial score (nSPS) is 9.88. The van der Waals surface area contributed by atoms with Crippen molar-refractivity contribution in [3.05, 3.63) is 71.8 Å². The minimum absolute atomic E-state index is 0.0713. The summed E-state index contributed by atoms with van der Waals surface area (Å²) in [5, 5.41) is 17.3. The van der Waals surface area contributed by atoms with Crippen LogP contribution in [0.25, 0.3) is 0 Å². The molecule has 0 aliphatic carbocycles. The molecule has 0 radical (unpaired) electrons. The van der Waals surface area contributed by atoms with E-state index in [-0.39, 0.29) is 38.9 Å². The number of hydrogen-bond acceptors (Lipinski definition) is 12. The zero-order valence-electron chi connectivity index (χ0n) is 26.5. The average molecular weight is 675 g/mol. The molecule has 0 atom stereocenters. The van der Waals surface area contributed by atoms with Crippen molar-refractivity contribution < 1.29 is 67.5 Å². The average Bonchev–Trinajstić information content (AvgIpc) is 3.07. The highest BCUT2D eigenvalue weighted by Crippen LogP contribution is 2.06. The van der Waals surface area contributed by atoms with Gasteiger partial charge in [0.2, 0.25) is 11.8 Å². The molecule has 0 bridgehead atoms. The van der Waals surface area contributed by atoms with Crippen molar-refractivity contribution in [3.8, 4) is 0 Å². The summed E-state index contributed by atoms with van der Waals surface area (Å²) >= 11 is 0. The second-order valence-corrected chi connectivity index (χ2v) is 9.73. The first-order chi connectivity index (χ1) is 22.8. The van der Waals surface area contributed by atoms with Gasteiger partial charge in [0.05, 0.1) is 27.1 Å². The molecule has 0 heterocycles. The quantitative estimate of drug-likeness (QED) is 0.168. The van der Waals surface area contributed by atoms with Crippen LogP contribution in [-0.2, 0) is 70.5 Å². The number of ether oxygens (including phenoxy) is 4. The van der Waals surface area contributed by atoms with Crippen molar-refractivity contribution >= 4 is 47.6 Å². The Morgan fingerprint density at radius 3 is 1.15 bits per heavy atom. The Morgan fingerprint density at radius 1 is 0.500 bits per heavy atom. The van der Waals surface area contributed by atoms with Crippen LogP contribution in [0.15, 0.2) is 60.7 Å². The molecule has 0 saturated heterocycles. The van der Waals surface area contributed by atoms with E-state index < -0.39 is 73.8 Å². The lowest BCUT2D eigenvalue weighted by molar-refractivity contribution is -0.153. The molecule has 2 aromatic rings. The molecule has 16 heteroatoms. The summed E-state index contributed by atoms with van der Waals surface area (Å²) in [7, 11) is 2.34. The first kappa shape index (κ1) is 40.2. The highest BCUT2D eigenvalue weighted by atomic mass is 16.5. The van der Waals surface area contributed by atoms with Crippen LogP contribution in [0.1, 0.15) is 36.8 Å². The van der Waals surface area contributed by atoms with Gasteiger partial charge < -0.3 is 39.0 Å². The molecule has 0 aliphatic rings. The van der Waals surface area contributed by atoms with Crippen molar-refractivity contribution in [1.29, 1.82) is 0 Å². The van der Waals surface area contributed by atoms with Crippen LogP contribution in [0.5, 0.6) is 0 Å². The van der Waals surface area contributed by atoms with Crippen molar-refractivity contribution in [2.24, 2.45) is 0 Å². The maximum absolute atomic E-state index is 12.1. The van der Waals surface area contributed by atoms with Crippen LogP contribution < -0.4 is 0 Å². The molecule has 0 unspecified atom stereocenters. The van der Waals surface area contributed by atoms with E-state index in [9.17, 15) is 38.4 Å². The summed E-state index contributed by atoms with van der Waals surface area (Å²) in [5.41, 5.74) is 1.63. The Balaban J connectivity index is 0.000000482. The number of carboxylic acid groups (broad SMARTS) is 2. The van der Waals surface area contributed by atoms with Crippen molar-refractivity contribution in [1.82, 2.24) is 9.80 Å². The first-order valence-corrected chi connectivity index (χ1v) is 14.4. The van der Waals surface area contributed by atoms with Crippen LogP contribution in [0.3, 0.4) is 0 Å². The van der Waals surface area contributed by atoms with E-state index in [0.717, 1.165) is 16.0 Å². The number of hydrogen-bond donors (Lipinski definition) is 2. The number of carboxylic acids is 2. The van der Waals surface area contributed by atoms with Gasteiger partial charge in [0, 0.05) is 12.8 Å². The fourth-order valence-electron chi connectivity index (χ4n) is 3.59. The zero-order valence-corrected chi connectivity index (χ0v) is 26.5. The van der Waals surface area contributed by atoms with Crippen LogP contribution in [-0.4, -0.2) is 108 Å². The maximum Gasteiger partial charge on any atom is 0.325 e. The third kappa shape index (κ3) is 18.2. The lowest BCUT2D eigenvalue weighted by Gasteiger charge is -2.19. The maximum atomic E-state index is 12.1. The Kier molecular flexibility index (Phi) is 19.0. The van der Waals surface area contributed by atoms with E-state index >= 15 is 0 Å². The fourth-order valence-corrected chi connectivity index (χ4v) is 3.59. The molecule has 0 spiro atoms. The van der Waals surface area contributed by atoms with Gasteiger partial charge in [0.15, 0.2) is 0 Å². The van der Waals surface area contributed by atoms with Gasteiger partial charge in [-0.05, 0) is 11.1 Å². The number of esters is 4. The predicted octanol–water partition coefficient (Wildman–Crippen LogP) is 1.19. The van der Waals surface area contributed by atoms with Gasteiger partial charge in [-0.25, -0.2) is 0 Å². The molecular weight excluding hydrogens is 636 g/mol. The van der Waals surface area contributed by atoms with Gasteiger partial charge >= 0.3 is 35.8 Å².